The molecule has 15 heteroatoms. The highest BCUT2D eigenvalue weighted by molar-refractivity contribution is 5.50. The Morgan fingerprint density at radius 3 is 1.19 bits per heavy atom. The summed E-state index contributed by atoms with van der Waals surface area (Å²) in [5.41, 5.74) is 11.8. The maximum atomic E-state index is 5.36. The third kappa shape index (κ3) is 22.0. The standard InChI is InChI=1S/C16H27N3.2C14H23N3.C13H21N3.C13H20N2O/c1-16(2,3)15-7-6-14(12-17-15)19-10-8-13(9-11-19)18(4)5;1-14(2,3)13-11-12(5-6-15-13)17-9-7-16(4)8-10-17;1-14(2,3)12-5-6-13(15-11-12)17-9-7-16(4)8-10-17;1-13(2,3)12-10-11(4-5-15-12)16-8-6-14-7-9-16;1-13(2,3)12-10-11(4-5-14-12)15-6-8-16-9-7-15/h6-7,12-13H,8-11H2,1-5H3;2*5-6,11H,7-10H2,1-4H3;4-5,10,14H,6-9H2,1-3H3;4-5,10H,6-9H2,1-3H3. The first-order valence-electron chi connectivity index (χ1n) is 31.8. The van der Waals surface area contributed by atoms with Gasteiger partial charge in [0.1, 0.15) is 5.82 Å². The normalized spacial score (nSPS) is 18.0. The van der Waals surface area contributed by atoms with Crippen LogP contribution in [0.25, 0.3) is 0 Å². The van der Waals surface area contributed by atoms with Gasteiger partial charge in [0.2, 0.25) is 0 Å². The fourth-order valence-electron chi connectivity index (χ4n) is 10.6. The molecule has 5 aromatic heterocycles. The Hall–Kier alpha value is -5.45. The molecule has 10 heterocycles. The number of hydrogen-bond acceptors (Lipinski definition) is 15. The number of nitrogens with zero attached hydrogens (tertiary/aromatic N) is 13. The van der Waals surface area contributed by atoms with E-state index in [2.05, 4.69) is 262 Å². The summed E-state index contributed by atoms with van der Waals surface area (Å²) in [6.45, 7) is 52.3. The highest BCUT2D eigenvalue weighted by atomic mass is 16.5. The maximum Gasteiger partial charge on any atom is 0.128 e. The molecule has 470 valence electrons. The second-order valence-electron chi connectivity index (χ2n) is 29.4. The molecule has 0 spiro atoms. The number of likely N-dealkylation sites (N-methyl/N-ethyl adjacent to an activating group) is 2. The lowest BCUT2D eigenvalue weighted by molar-refractivity contribution is 0.122. The lowest BCUT2D eigenvalue weighted by Crippen LogP contribution is -2.44. The van der Waals surface area contributed by atoms with Crippen molar-refractivity contribution >= 4 is 28.6 Å². The Balaban J connectivity index is 0.000000170. The molecule has 0 atom stereocenters. The van der Waals surface area contributed by atoms with Crippen molar-refractivity contribution in [2.75, 3.05) is 171 Å². The van der Waals surface area contributed by atoms with Crippen molar-refractivity contribution in [3.05, 3.63) is 120 Å². The van der Waals surface area contributed by atoms with E-state index < -0.39 is 0 Å². The summed E-state index contributed by atoms with van der Waals surface area (Å²) < 4.78 is 5.36. The number of rotatable bonds is 6. The van der Waals surface area contributed by atoms with Gasteiger partial charge in [-0.3, -0.25) is 19.9 Å². The molecule has 5 aliphatic rings. The lowest BCUT2D eigenvalue weighted by Gasteiger charge is -2.36. The summed E-state index contributed by atoms with van der Waals surface area (Å²) >= 11 is 0. The second-order valence-corrected chi connectivity index (χ2v) is 29.4. The molecular formula is C70H114N14O. The zero-order valence-corrected chi connectivity index (χ0v) is 56.6. The topological polar surface area (TPSA) is 112 Å². The van der Waals surface area contributed by atoms with Gasteiger partial charge in [-0.15, -0.1) is 0 Å². The Morgan fingerprint density at radius 2 is 0.812 bits per heavy atom. The van der Waals surface area contributed by atoms with Crippen molar-refractivity contribution in [2.24, 2.45) is 0 Å². The fourth-order valence-corrected chi connectivity index (χ4v) is 10.6. The molecular weight excluding hydrogens is 1050 g/mol. The number of anilines is 5. The van der Waals surface area contributed by atoms with Crippen molar-refractivity contribution in [1.29, 1.82) is 0 Å². The van der Waals surface area contributed by atoms with Crippen LogP contribution in [-0.4, -0.2) is 192 Å². The molecule has 5 fully saturated rings. The zero-order valence-electron chi connectivity index (χ0n) is 56.6. The van der Waals surface area contributed by atoms with Crippen molar-refractivity contribution in [3.63, 3.8) is 0 Å². The molecule has 0 amide bonds. The van der Waals surface area contributed by atoms with Crippen LogP contribution in [0.2, 0.25) is 0 Å². The molecule has 0 saturated carbocycles. The number of morpholine rings is 1. The van der Waals surface area contributed by atoms with Crippen LogP contribution in [0, 0.1) is 0 Å². The molecule has 0 aliphatic carbocycles. The summed E-state index contributed by atoms with van der Waals surface area (Å²) in [7, 11) is 8.72. The average Bonchev–Trinajstić information content (AvgIpc) is 3.66. The smallest absolute Gasteiger partial charge is 0.128 e. The van der Waals surface area contributed by atoms with E-state index in [1.807, 2.05) is 31.0 Å². The van der Waals surface area contributed by atoms with Crippen molar-refractivity contribution in [1.82, 2.24) is 44.9 Å². The van der Waals surface area contributed by atoms with Crippen LogP contribution in [0.4, 0.5) is 28.6 Å². The Morgan fingerprint density at radius 1 is 0.400 bits per heavy atom. The van der Waals surface area contributed by atoms with E-state index in [1.165, 1.54) is 58.2 Å². The zero-order chi connectivity index (χ0) is 62.2. The maximum absolute atomic E-state index is 5.36. The van der Waals surface area contributed by atoms with E-state index in [0.717, 1.165) is 135 Å². The van der Waals surface area contributed by atoms with Gasteiger partial charge >= 0.3 is 0 Å². The Labute approximate surface area is 516 Å². The van der Waals surface area contributed by atoms with E-state index in [-0.39, 0.29) is 27.1 Å². The molecule has 0 bridgehead atoms. The van der Waals surface area contributed by atoms with Gasteiger partial charge in [0.05, 0.1) is 25.1 Å². The SMILES string of the molecule is CC(C)(C)c1cc(N2CCNCC2)ccn1.CC(C)(C)c1cc(N2CCOCC2)ccn1.CN(C)C1CCN(c2ccc(C(C)(C)C)nc2)CC1.CN1CCN(c2ccc(C(C)(C)C)cn2)CC1.CN1CCN(c2ccnc(C(C)(C)C)c2)CC1. The van der Waals surface area contributed by atoms with E-state index >= 15 is 0 Å². The first-order chi connectivity index (χ1) is 39.9. The largest absolute Gasteiger partial charge is 0.378 e. The first-order valence-corrected chi connectivity index (χ1v) is 31.8. The molecule has 0 unspecified atom stereocenters. The number of piperidine rings is 1. The van der Waals surface area contributed by atoms with E-state index in [4.69, 9.17) is 4.74 Å². The number of hydrogen-bond donors (Lipinski definition) is 1. The molecule has 85 heavy (non-hydrogen) atoms. The van der Waals surface area contributed by atoms with Gasteiger partial charge in [-0.05, 0) is 107 Å². The molecule has 0 aromatic carbocycles. The second kappa shape index (κ2) is 30.9. The van der Waals surface area contributed by atoms with Gasteiger partial charge in [0, 0.05) is 197 Å². The summed E-state index contributed by atoms with van der Waals surface area (Å²) in [5, 5.41) is 3.37. The van der Waals surface area contributed by atoms with Crippen molar-refractivity contribution < 1.29 is 4.74 Å². The van der Waals surface area contributed by atoms with Crippen LogP contribution < -0.4 is 29.8 Å². The summed E-state index contributed by atoms with van der Waals surface area (Å²) in [6, 6.07) is 22.5. The lowest BCUT2D eigenvalue weighted by atomic mass is 9.88. The monoisotopic (exact) mass is 1170 g/mol. The van der Waals surface area contributed by atoms with Gasteiger partial charge in [0.15, 0.2) is 0 Å². The average molecular weight is 1170 g/mol. The number of ether oxygens (including phenoxy) is 1. The van der Waals surface area contributed by atoms with Gasteiger partial charge < -0.3 is 49.3 Å². The van der Waals surface area contributed by atoms with Crippen LogP contribution in [0.1, 0.15) is 145 Å². The van der Waals surface area contributed by atoms with E-state index in [1.54, 1.807) is 0 Å². The summed E-state index contributed by atoms with van der Waals surface area (Å²) in [6.07, 6.45) is 12.3. The first kappa shape index (κ1) is 68.7. The molecule has 5 saturated heterocycles. The minimum Gasteiger partial charge on any atom is -0.378 e. The van der Waals surface area contributed by atoms with Gasteiger partial charge in [-0.2, -0.15) is 0 Å². The van der Waals surface area contributed by atoms with Gasteiger partial charge in [-0.1, -0.05) is 110 Å². The highest BCUT2D eigenvalue weighted by Crippen LogP contribution is 2.29. The molecule has 0 radical (unpaired) electrons. The fraction of sp³-hybridized carbons (Fsp3) is 0.643. The predicted octanol–water partition coefficient (Wildman–Crippen LogP) is 11.2. The van der Waals surface area contributed by atoms with Crippen LogP contribution >= 0.6 is 0 Å². The minimum absolute atomic E-state index is 0.113. The summed E-state index contributed by atoms with van der Waals surface area (Å²) in [5.74, 6) is 1.12. The van der Waals surface area contributed by atoms with Gasteiger partial charge in [0.25, 0.3) is 0 Å². The molecule has 5 aliphatic heterocycles. The van der Waals surface area contributed by atoms with Crippen LogP contribution in [0.3, 0.4) is 0 Å². The Kier molecular flexibility index (Phi) is 25.0. The van der Waals surface area contributed by atoms with Crippen LogP contribution in [0.15, 0.2) is 91.6 Å². The summed E-state index contributed by atoms with van der Waals surface area (Å²) in [4.78, 5) is 41.8. The molecule has 10 rings (SSSR count). The third-order valence-electron chi connectivity index (χ3n) is 16.8. The number of pyridine rings is 5. The number of aromatic nitrogens is 5. The van der Waals surface area contributed by atoms with E-state index in [9.17, 15) is 0 Å². The number of piperazine rings is 3. The third-order valence-corrected chi connectivity index (χ3v) is 16.8. The Bertz CT molecular complexity index is 2630. The van der Waals surface area contributed by atoms with Crippen molar-refractivity contribution in [2.45, 2.75) is 150 Å². The highest BCUT2D eigenvalue weighted by Gasteiger charge is 2.25. The predicted molar refractivity (Wildman–Crippen MR) is 361 cm³/mol. The molecule has 1 N–H and O–H groups in total. The quantitative estimate of drug-likeness (QED) is 0.174. The molecule has 15 nitrogen and oxygen atoms in total. The van der Waals surface area contributed by atoms with Gasteiger partial charge in [-0.25, -0.2) is 4.98 Å². The van der Waals surface area contributed by atoms with Crippen LogP contribution in [0.5, 0.6) is 0 Å². The molecule has 5 aromatic rings. The van der Waals surface area contributed by atoms with Crippen molar-refractivity contribution in [3.8, 4) is 0 Å². The minimum atomic E-state index is 0.113. The van der Waals surface area contributed by atoms with Crippen LogP contribution in [-0.2, 0) is 31.8 Å². The van der Waals surface area contributed by atoms with E-state index in [0.29, 0.717) is 0 Å². The number of nitrogens with one attached hydrogen (secondary N) is 1.